The number of rotatable bonds is 6. The van der Waals surface area contributed by atoms with E-state index < -0.39 is 0 Å². The molecule has 19 heavy (non-hydrogen) atoms. The molecule has 1 aromatic rings. The first-order valence-electron chi connectivity index (χ1n) is 7.02. The number of benzene rings is 1. The molecule has 1 heterocycles. The molecule has 1 fully saturated rings. The normalized spacial score (nSPS) is 16.7. The molecule has 106 valence electrons. The van der Waals surface area contributed by atoms with Gasteiger partial charge in [0.2, 0.25) is 0 Å². The molecule has 2 rings (SSSR count). The Kier molecular flexibility index (Phi) is 6.11. The van der Waals surface area contributed by atoms with Gasteiger partial charge in [0, 0.05) is 24.7 Å². The summed E-state index contributed by atoms with van der Waals surface area (Å²) in [4.78, 5) is 2.47. The van der Waals surface area contributed by atoms with Crippen LogP contribution in [0.3, 0.4) is 0 Å². The summed E-state index contributed by atoms with van der Waals surface area (Å²) >= 11 is 6.11. The monoisotopic (exact) mass is 282 g/mol. The van der Waals surface area contributed by atoms with Gasteiger partial charge in [-0.05, 0) is 43.6 Å². The second-order valence-electron chi connectivity index (χ2n) is 5.01. The van der Waals surface area contributed by atoms with Gasteiger partial charge >= 0.3 is 0 Å². The Morgan fingerprint density at radius 1 is 1.32 bits per heavy atom. The van der Waals surface area contributed by atoms with Crippen LogP contribution in [0, 0.1) is 6.92 Å². The Labute approximate surface area is 120 Å². The molecule has 0 saturated carbocycles. The summed E-state index contributed by atoms with van der Waals surface area (Å²) in [5.74, 6) is 0. The predicted molar refractivity (Wildman–Crippen MR) is 79.8 cm³/mol. The Hall–Kier alpha value is -0.610. The lowest BCUT2D eigenvalue weighted by Gasteiger charge is -2.26. The zero-order valence-corrected chi connectivity index (χ0v) is 12.4. The molecule has 1 saturated heterocycles. The molecule has 0 aromatic heterocycles. The zero-order valence-electron chi connectivity index (χ0n) is 11.6. The minimum Gasteiger partial charge on any atom is -0.379 e. The molecule has 1 N–H and O–H groups in total. The number of nitrogens with zero attached hydrogens (tertiary/aromatic N) is 1. The van der Waals surface area contributed by atoms with Crippen LogP contribution in [0.1, 0.15) is 17.5 Å². The number of halogens is 1. The average molecular weight is 283 g/mol. The third-order valence-electron chi connectivity index (χ3n) is 3.63. The molecular weight excluding hydrogens is 260 g/mol. The fourth-order valence-electron chi connectivity index (χ4n) is 2.32. The minimum atomic E-state index is 0.854. The van der Waals surface area contributed by atoms with Crippen molar-refractivity contribution >= 4 is 11.6 Å². The minimum absolute atomic E-state index is 0.854. The van der Waals surface area contributed by atoms with E-state index in [9.17, 15) is 0 Å². The molecule has 0 aliphatic carbocycles. The van der Waals surface area contributed by atoms with Crippen LogP contribution in [-0.4, -0.2) is 44.3 Å². The van der Waals surface area contributed by atoms with Gasteiger partial charge in [-0.3, -0.25) is 4.90 Å². The van der Waals surface area contributed by atoms with Crippen molar-refractivity contribution in [1.29, 1.82) is 0 Å². The van der Waals surface area contributed by atoms with E-state index in [-0.39, 0.29) is 0 Å². The van der Waals surface area contributed by atoms with E-state index in [1.165, 1.54) is 17.5 Å². The molecule has 0 bridgehead atoms. The average Bonchev–Trinajstić information content (AvgIpc) is 2.44. The molecule has 0 amide bonds. The molecule has 4 heteroatoms. The van der Waals surface area contributed by atoms with Crippen molar-refractivity contribution in [2.45, 2.75) is 19.9 Å². The summed E-state index contributed by atoms with van der Waals surface area (Å²) in [5, 5.41) is 4.35. The molecule has 0 atom stereocenters. The Morgan fingerprint density at radius 3 is 2.89 bits per heavy atom. The highest BCUT2D eigenvalue weighted by Crippen LogP contribution is 2.18. The Morgan fingerprint density at radius 2 is 2.11 bits per heavy atom. The van der Waals surface area contributed by atoms with Crippen LogP contribution in [0.25, 0.3) is 0 Å². The van der Waals surface area contributed by atoms with Crippen molar-refractivity contribution in [2.24, 2.45) is 0 Å². The lowest BCUT2D eigenvalue weighted by Crippen LogP contribution is -2.37. The molecule has 1 aromatic carbocycles. The van der Waals surface area contributed by atoms with Gasteiger partial charge in [0.05, 0.1) is 13.2 Å². The van der Waals surface area contributed by atoms with Crippen LogP contribution in [0.15, 0.2) is 18.2 Å². The van der Waals surface area contributed by atoms with Crippen molar-refractivity contribution in [3.05, 3.63) is 34.3 Å². The van der Waals surface area contributed by atoms with Crippen LogP contribution in [0.5, 0.6) is 0 Å². The first kappa shape index (κ1) is 14.8. The molecule has 0 unspecified atom stereocenters. The van der Waals surface area contributed by atoms with Gasteiger partial charge in [-0.2, -0.15) is 0 Å². The van der Waals surface area contributed by atoms with Gasteiger partial charge in [-0.25, -0.2) is 0 Å². The second-order valence-corrected chi connectivity index (χ2v) is 5.42. The number of ether oxygens (including phenoxy) is 1. The van der Waals surface area contributed by atoms with Gasteiger partial charge in [-0.1, -0.05) is 23.7 Å². The topological polar surface area (TPSA) is 24.5 Å². The summed E-state index contributed by atoms with van der Waals surface area (Å²) in [5.41, 5.74) is 2.48. The van der Waals surface area contributed by atoms with E-state index in [1.54, 1.807) is 0 Å². The van der Waals surface area contributed by atoms with Crippen molar-refractivity contribution in [2.75, 3.05) is 39.4 Å². The van der Waals surface area contributed by atoms with Gasteiger partial charge in [0.15, 0.2) is 0 Å². The first-order chi connectivity index (χ1) is 9.27. The lowest BCUT2D eigenvalue weighted by molar-refractivity contribution is 0.0374. The molecular formula is C15H23ClN2O. The van der Waals surface area contributed by atoms with Crippen molar-refractivity contribution in [3.8, 4) is 0 Å². The number of hydrogen-bond donors (Lipinski definition) is 1. The highest BCUT2D eigenvalue weighted by molar-refractivity contribution is 6.31. The van der Waals surface area contributed by atoms with Gasteiger partial charge in [0.1, 0.15) is 0 Å². The van der Waals surface area contributed by atoms with E-state index in [1.807, 2.05) is 12.1 Å². The first-order valence-corrected chi connectivity index (χ1v) is 7.40. The Balaban J connectivity index is 1.62. The standard InChI is InChI=1S/C15H23ClN2O/c1-13-14(4-2-5-15(13)16)12-17-6-3-7-18-8-10-19-11-9-18/h2,4-5,17H,3,6-12H2,1H3. The maximum Gasteiger partial charge on any atom is 0.0594 e. The van der Waals surface area contributed by atoms with E-state index in [0.717, 1.165) is 51.0 Å². The summed E-state index contributed by atoms with van der Waals surface area (Å²) in [6.45, 7) is 9.10. The van der Waals surface area contributed by atoms with Crippen molar-refractivity contribution in [1.82, 2.24) is 10.2 Å². The van der Waals surface area contributed by atoms with Gasteiger partial charge in [0.25, 0.3) is 0 Å². The largest absolute Gasteiger partial charge is 0.379 e. The van der Waals surface area contributed by atoms with Crippen molar-refractivity contribution < 1.29 is 4.74 Å². The highest BCUT2D eigenvalue weighted by atomic mass is 35.5. The zero-order chi connectivity index (χ0) is 13.5. The van der Waals surface area contributed by atoms with E-state index in [0.29, 0.717) is 0 Å². The molecule has 1 aliphatic heterocycles. The van der Waals surface area contributed by atoms with Gasteiger partial charge in [-0.15, -0.1) is 0 Å². The van der Waals surface area contributed by atoms with Crippen LogP contribution in [0.2, 0.25) is 5.02 Å². The number of morpholine rings is 1. The smallest absolute Gasteiger partial charge is 0.0594 e. The number of nitrogens with one attached hydrogen (secondary N) is 1. The summed E-state index contributed by atoms with van der Waals surface area (Å²) in [7, 11) is 0. The molecule has 1 aliphatic rings. The summed E-state index contributed by atoms with van der Waals surface area (Å²) < 4.78 is 5.34. The quantitative estimate of drug-likeness (QED) is 0.811. The molecule has 0 spiro atoms. The highest BCUT2D eigenvalue weighted by Gasteiger charge is 2.09. The fourth-order valence-corrected chi connectivity index (χ4v) is 2.51. The Bertz CT molecular complexity index is 392. The number of hydrogen-bond acceptors (Lipinski definition) is 3. The van der Waals surface area contributed by atoms with Crippen LogP contribution in [-0.2, 0) is 11.3 Å². The third-order valence-corrected chi connectivity index (χ3v) is 4.04. The van der Waals surface area contributed by atoms with Gasteiger partial charge < -0.3 is 10.1 Å². The maximum absolute atomic E-state index is 6.11. The SMILES string of the molecule is Cc1c(Cl)cccc1CNCCCN1CCOCC1. The maximum atomic E-state index is 6.11. The van der Waals surface area contributed by atoms with E-state index in [2.05, 4.69) is 23.2 Å². The second kappa shape index (κ2) is 7.85. The van der Waals surface area contributed by atoms with Crippen molar-refractivity contribution in [3.63, 3.8) is 0 Å². The van der Waals surface area contributed by atoms with Crippen LogP contribution >= 0.6 is 11.6 Å². The van der Waals surface area contributed by atoms with E-state index in [4.69, 9.17) is 16.3 Å². The predicted octanol–water partition coefficient (Wildman–Crippen LogP) is 2.46. The van der Waals surface area contributed by atoms with Crippen LogP contribution < -0.4 is 5.32 Å². The summed E-state index contributed by atoms with van der Waals surface area (Å²) in [6, 6.07) is 6.09. The summed E-state index contributed by atoms with van der Waals surface area (Å²) in [6.07, 6.45) is 1.18. The van der Waals surface area contributed by atoms with E-state index >= 15 is 0 Å². The molecule has 0 radical (unpaired) electrons. The lowest BCUT2D eigenvalue weighted by atomic mass is 10.1. The fraction of sp³-hybridized carbons (Fsp3) is 0.600. The molecule has 3 nitrogen and oxygen atoms in total. The third kappa shape index (κ3) is 4.77. The van der Waals surface area contributed by atoms with Crippen LogP contribution in [0.4, 0.5) is 0 Å².